The van der Waals surface area contributed by atoms with E-state index in [-0.39, 0.29) is 6.04 Å². The van der Waals surface area contributed by atoms with Crippen molar-refractivity contribution in [2.45, 2.75) is 32.7 Å². The first kappa shape index (κ1) is 18.8. The van der Waals surface area contributed by atoms with Crippen LogP contribution in [0, 0.1) is 23.2 Å². The number of aromatic nitrogens is 3. The first-order valence-corrected chi connectivity index (χ1v) is 9.17. The molecular weight excluding hydrogens is 344 g/mol. The van der Waals surface area contributed by atoms with E-state index in [1.165, 1.54) is 13.3 Å². The highest BCUT2D eigenvalue weighted by Gasteiger charge is 2.37. The standard InChI is InChI=1S/C19H24N6O2/c1-4-13-6-8-25(19(27)15(9-20)12(2)26)10-16(13)24(3)18-14-5-7-21-17(14)22-11-23-18/h5,7,11,13,15-16H,4,6,8,10H2,1-3H3,(H,21,22,23). The van der Waals surface area contributed by atoms with E-state index < -0.39 is 17.6 Å². The molecule has 1 aliphatic rings. The molecule has 0 radical (unpaired) electrons. The van der Waals surface area contributed by atoms with Crippen LogP contribution in [0.4, 0.5) is 5.82 Å². The molecule has 27 heavy (non-hydrogen) atoms. The van der Waals surface area contributed by atoms with Gasteiger partial charge in [0, 0.05) is 26.3 Å². The van der Waals surface area contributed by atoms with E-state index in [1.807, 2.05) is 25.4 Å². The Morgan fingerprint density at radius 3 is 2.93 bits per heavy atom. The van der Waals surface area contributed by atoms with Crippen LogP contribution in [0.1, 0.15) is 26.7 Å². The molecule has 1 fully saturated rings. The summed E-state index contributed by atoms with van der Waals surface area (Å²) in [7, 11) is 1.98. The number of nitriles is 1. The number of ketones is 1. The van der Waals surface area contributed by atoms with Crippen LogP contribution in [0.3, 0.4) is 0 Å². The van der Waals surface area contributed by atoms with E-state index in [0.29, 0.717) is 19.0 Å². The molecular formula is C19H24N6O2. The highest BCUT2D eigenvalue weighted by atomic mass is 16.2. The van der Waals surface area contributed by atoms with Crippen LogP contribution in [0.15, 0.2) is 18.6 Å². The molecule has 3 heterocycles. The number of carbonyl (C=O) groups is 2. The first-order chi connectivity index (χ1) is 13.0. The van der Waals surface area contributed by atoms with E-state index >= 15 is 0 Å². The van der Waals surface area contributed by atoms with Crippen molar-refractivity contribution >= 4 is 28.5 Å². The summed E-state index contributed by atoms with van der Waals surface area (Å²) in [6, 6.07) is 3.83. The number of hydrogen-bond donors (Lipinski definition) is 1. The zero-order valence-corrected chi connectivity index (χ0v) is 15.8. The molecule has 3 atom stereocenters. The molecule has 8 nitrogen and oxygen atoms in total. The summed E-state index contributed by atoms with van der Waals surface area (Å²) in [5.41, 5.74) is 0.768. The Balaban J connectivity index is 1.87. The second kappa shape index (κ2) is 7.74. The molecule has 2 aromatic heterocycles. The summed E-state index contributed by atoms with van der Waals surface area (Å²) in [4.78, 5) is 39.8. The lowest BCUT2D eigenvalue weighted by Gasteiger charge is -2.43. The van der Waals surface area contributed by atoms with Crippen LogP contribution in [-0.2, 0) is 9.59 Å². The van der Waals surface area contributed by atoms with Crippen molar-refractivity contribution in [2.75, 3.05) is 25.0 Å². The minimum atomic E-state index is -1.22. The molecule has 0 aliphatic carbocycles. The summed E-state index contributed by atoms with van der Waals surface area (Å²) in [5, 5.41) is 10.1. The monoisotopic (exact) mass is 368 g/mol. The number of anilines is 1. The topological polar surface area (TPSA) is 106 Å². The molecule has 2 aromatic rings. The Bertz CT molecular complexity index is 886. The Hall–Kier alpha value is -2.95. The van der Waals surface area contributed by atoms with Crippen molar-refractivity contribution in [1.29, 1.82) is 5.26 Å². The zero-order valence-electron chi connectivity index (χ0n) is 15.8. The van der Waals surface area contributed by atoms with Crippen LogP contribution in [-0.4, -0.2) is 57.7 Å². The van der Waals surface area contributed by atoms with E-state index in [1.54, 1.807) is 4.90 Å². The number of carbonyl (C=O) groups excluding carboxylic acids is 2. The van der Waals surface area contributed by atoms with Crippen LogP contribution in [0.5, 0.6) is 0 Å². The number of nitrogens with zero attached hydrogens (tertiary/aromatic N) is 5. The summed E-state index contributed by atoms with van der Waals surface area (Å²) >= 11 is 0. The number of rotatable bonds is 5. The fourth-order valence-corrected chi connectivity index (χ4v) is 3.89. The molecule has 142 valence electrons. The fourth-order valence-electron chi connectivity index (χ4n) is 3.89. The minimum Gasteiger partial charge on any atom is -0.354 e. The number of H-pyrrole nitrogens is 1. The number of Topliss-reactive ketones (excluding diaryl/α,β-unsaturated/α-hetero) is 1. The largest absolute Gasteiger partial charge is 0.354 e. The maximum atomic E-state index is 12.7. The molecule has 0 saturated carbocycles. The van der Waals surface area contributed by atoms with Gasteiger partial charge in [-0.1, -0.05) is 13.3 Å². The van der Waals surface area contributed by atoms with E-state index in [2.05, 4.69) is 26.8 Å². The molecule has 0 bridgehead atoms. The second-order valence-electron chi connectivity index (χ2n) is 7.03. The van der Waals surface area contributed by atoms with Gasteiger partial charge in [0.2, 0.25) is 5.91 Å². The Kier molecular flexibility index (Phi) is 5.40. The van der Waals surface area contributed by atoms with Crippen LogP contribution >= 0.6 is 0 Å². The van der Waals surface area contributed by atoms with E-state index in [9.17, 15) is 14.9 Å². The lowest BCUT2D eigenvalue weighted by atomic mass is 9.87. The molecule has 0 aromatic carbocycles. The summed E-state index contributed by atoms with van der Waals surface area (Å²) < 4.78 is 0. The van der Waals surface area contributed by atoms with Gasteiger partial charge in [0.15, 0.2) is 11.7 Å². The normalized spacial score (nSPS) is 20.9. The van der Waals surface area contributed by atoms with Gasteiger partial charge in [0.25, 0.3) is 0 Å². The molecule has 3 rings (SSSR count). The molecule has 1 aliphatic heterocycles. The third kappa shape index (κ3) is 3.50. The van der Waals surface area contributed by atoms with Crippen molar-refractivity contribution < 1.29 is 9.59 Å². The Labute approximate surface area is 158 Å². The van der Waals surface area contributed by atoms with Gasteiger partial charge in [-0.05, 0) is 25.3 Å². The average molecular weight is 368 g/mol. The number of hydrogen-bond acceptors (Lipinski definition) is 6. The first-order valence-electron chi connectivity index (χ1n) is 9.17. The van der Waals surface area contributed by atoms with Crippen molar-refractivity contribution in [3.8, 4) is 6.07 Å². The fraction of sp³-hybridized carbons (Fsp3) is 0.526. The summed E-state index contributed by atoms with van der Waals surface area (Å²) in [6.07, 6.45) is 5.16. The van der Waals surface area contributed by atoms with Crippen LogP contribution in [0.25, 0.3) is 11.0 Å². The Morgan fingerprint density at radius 1 is 1.48 bits per heavy atom. The van der Waals surface area contributed by atoms with Gasteiger partial charge in [0.05, 0.1) is 17.5 Å². The van der Waals surface area contributed by atoms with E-state index in [0.717, 1.165) is 29.7 Å². The number of nitrogens with one attached hydrogen (secondary N) is 1. The molecule has 1 N–H and O–H groups in total. The molecule has 8 heteroatoms. The smallest absolute Gasteiger partial charge is 0.247 e. The molecule has 1 amide bonds. The quantitative estimate of drug-likeness (QED) is 0.806. The second-order valence-corrected chi connectivity index (χ2v) is 7.03. The average Bonchev–Trinajstić information content (AvgIpc) is 3.16. The number of fused-ring (bicyclic) bond motifs is 1. The van der Waals surface area contributed by atoms with Gasteiger partial charge in [-0.15, -0.1) is 0 Å². The van der Waals surface area contributed by atoms with Crippen molar-refractivity contribution in [3.05, 3.63) is 18.6 Å². The van der Waals surface area contributed by atoms with Gasteiger partial charge < -0.3 is 14.8 Å². The lowest BCUT2D eigenvalue weighted by Crippen LogP contribution is -2.54. The number of piperidine rings is 1. The highest BCUT2D eigenvalue weighted by molar-refractivity contribution is 6.02. The van der Waals surface area contributed by atoms with E-state index in [4.69, 9.17) is 0 Å². The maximum absolute atomic E-state index is 12.7. The summed E-state index contributed by atoms with van der Waals surface area (Å²) in [6.45, 7) is 4.46. The van der Waals surface area contributed by atoms with Gasteiger partial charge >= 0.3 is 0 Å². The number of amides is 1. The van der Waals surface area contributed by atoms with Gasteiger partial charge in [-0.25, -0.2) is 9.97 Å². The Morgan fingerprint density at radius 2 is 2.26 bits per heavy atom. The molecule has 1 saturated heterocycles. The van der Waals surface area contributed by atoms with Crippen molar-refractivity contribution in [3.63, 3.8) is 0 Å². The van der Waals surface area contributed by atoms with Crippen molar-refractivity contribution in [1.82, 2.24) is 19.9 Å². The maximum Gasteiger partial charge on any atom is 0.247 e. The van der Waals surface area contributed by atoms with Gasteiger partial charge in [0.1, 0.15) is 17.8 Å². The lowest BCUT2D eigenvalue weighted by molar-refractivity contribution is -0.139. The number of likely N-dealkylation sites (N-methyl/N-ethyl adjacent to an activating group) is 1. The SMILES string of the molecule is CCC1CCN(C(=O)C(C#N)C(C)=O)CC1N(C)c1ncnc2[nH]ccc12. The third-order valence-electron chi connectivity index (χ3n) is 5.50. The minimum absolute atomic E-state index is 0.0481. The predicted molar refractivity (Wildman–Crippen MR) is 101 cm³/mol. The van der Waals surface area contributed by atoms with Gasteiger partial charge in [-0.3, -0.25) is 9.59 Å². The predicted octanol–water partition coefficient (Wildman–Crippen LogP) is 1.75. The van der Waals surface area contributed by atoms with Crippen LogP contribution in [0.2, 0.25) is 0 Å². The summed E-state index contributed by atoms with van der Waals surface area (Å²) in [5.74, 6) is -0.824. The highest BCUT2D eigenvalue weighted by Crippen LogP contribution is 2.30. The zero-order chi connectivity index (χ0) is 19.6. The molecule has 3 unspecified atom stereocenters. The third-order valence-corrected chi connectivity index (χ3v) is 5.50. The number of likely N-dealkylation sites (tertiary alicyclic amines) is 1. The van der Waals surface area contributed by atoms with Crippen LogP contribution < -0.4 is 4.90 Å². The van der Waals surface area contributed by atoms with Crippen molar-refractivity contribution in [2.24, 2.45) is 11.8 Å². The molecule has 0 spiro atoms. The number of aromatic amines is 1. The van der Waals surface area contributed by atoms with Gasteiger partial charge in [-0.2, -0.15) is 5.26 Å².